The summed E-state index contributed by atoms with van der Waals surface area (Å²) in [7, 11) is 1.97. The lowest BCUT2D eigenvalue weighted by Gasteiger charge is -2.38. The molecule has 0 saturated carbocycles. The van der Waals surface area contributed by atoms with E-state index in [0.29, 0.717) is 6.54 Å². The second-order valence-corrected chi connectivity index (χ2v) is 4.81. The molecule has 0 aromatic rings. The standard InChI is InChI=1S/C11H21N3O4/c1-7-6-13(3)4-5-14(7)11(18)12-9(8(2)15)10(16)17/h7-9,15H,4-6H2,1-3H3,(H,12,18)(H,16,17)/t7?,8-,9+/m1/s1. The molecule has 7 nitrogen and oxygen atoms in total. The van der Waals surface area contributed by atoms with E-state index in [0.717, 1.165) is 13.1 Å². The van der Waals surface area contributed by atoms with Crippen molar-refractivity contribution in [1.29, 1.82) is 0 Å². The van der Waals surface area contributed by atoms with Crippen LogP contribution in [0.15, 0.2) is 0 Å². The van der Waals surface area contributed by atoms with Crippen molar-refractivity contribution in [2.24, 2.45) is 0 Å². The molecule has 18 heavy (non-hydrogen) atoms. The molecule has 1 rings (SSSR count). The zero-order valence-corrected chi connectivity index (χ0v) is 11.0. The molecular formula is C11H21N3O4. The molecule has 3 atom stereocenters. The van der Waals surface area contributed by atoms with E-state index in [-0.39, 0.29) is 6.04 Å². The number of carbonyl (C=O) groups excluding carboxylic acids is 1. The van der Waals surface area contributed by atoms with E-state index in [1.165, 1.54) is 6.92 Å². The molecule has 3 N–H and O–H groups in total. The van der Waals surface area contributed by atoms with Crippen LogP contribution in [0.2, 0.25) is 0 Å². The van der Waals surface area contributed by atoms with Gasteiger partial charge in [0.15, 0.2) is 6.04 Å². The predicted octanol–water partition coefficient (Wildman–Crippen LogP) is -0.834. The molecule has 1 aliphatic rings. The minimum atomic E-state index is -1.27. The van der Waals surface area contributed by atoms with Crippen LogP contribution in [0, 0.1) is 0 Å². The summed E-state index contributed by atoms with van der Waals surface area (Å²) in [6.45, 7) is 5.31. The summed E-state index contributed by atoms with van der Waals surface area (Å²) in [6, 6.07) is -1.69. The molecule has 0 spiro atoms. The summed E-state index contributed by atoms with van der Waals surface area (Å²) in [5.74, 6) is -1.24. The van der Waals surface area contributed by atoms with Crippen LogP contribution in [0.5, 0.6) is 0 Å². The van der Waals surface area contributed by atoms with Crippen LogP contribution in [-0.2, 0) is 4.79 Å². The minimum Gasteiger partial charge on any atom is -0.480 e. The molecular weight excluding hydrogens is 238 g/mol. The second kappa shape index (κ2) is 6.01. The van der Waals surface area contributed by atoms with Gasteiger partial charge in [-0.15, -0.1) is 0 Å². The largest absolute Gasteiger partial charge is 0.480 e. The van der Waals surface area contributed by atoms with Crippen LogP contribution >= 0.6 is 0 Å². The third-order valence-corrected chi connectivity index (χ3v) is 3.12. The van der Waals surface area contributed by atoms with Crippen LogP contribution < -0.4 is 5.32 Å². The lowest BCUT2D eigenvalue weighted by molar-refractivity contribution is -0.141. The number of amides is 2. The first-order chi connectivity index (χ1) is 8.32. The van der Waals surface area contributed by atoms with E-state index in [1.54, 1.807) is 4.90 Å². The van der Waals surface area contributed by atoms with Crippen LogP contribution in [-0.4, -0.2) is 76.9 Å². The van der Waals surface area contributed by atoms with E-state index < -0.39 is 24.1 Å². The Kier molecular flexibility index (Phi) is 4.92. The van der Waals surface area contributed by atoms with Crippen molar-refractivity contribution in [3.05, 3.63) is 0 Å². The first-order valence-corrected chi connectivity index (χ1v) is 5.99. The average Bonchev–Trinajstić information content (AvgIpc) is 2.24. The Morgan fingerprint density at radius 2 is 2.00 bits per heavy atom. The summed E-state index contributed by atoms with van der Waals surface area (Å²) in [5, 5.41) is 20.6. The van der Waals surface area contributed by atoms with E-state index in [4.69, 9.17) is 5.11 Å². The zero-order chi connectivity index (χ0) is 13.9. The highest BCUT2D eigenvalue weighted by molar-refractivity contribution is 5.83. The number of carboxylic acids is 1. The van der Waals surface area contributed by atoms with Gasteiger partial charge in [-0.2, -0.15) is 0 Å². The zero-order valence-electron chi connectivity index (χ0n) is 11.0. The third-order valence-electron chi connectivity index (χ3n) is 3.12. The fourth-order valence-electron chi connectivity index (χ4n) is 2.05. The van der Waals surface area contributed by atoms with Crippen molar-refractivity contribution in [2.75, 3.05) is 26.7 Å². The van der Waals surface area contributed by atoms with Crippen LogP contribution in [0.1, 0.15) is 13.8 Å². The maximum atomic E-state index is 12.0. The van der Waals surface area contributed by atoms with Crippen molar-refractivity contribution >= 4 is 12.0 Å². The summed E-state index contributed by atoms with van der Waals surface area (Å²) < 4.78 is 0. The number of likely N-dealkylation sites (N-methyl/N-ethyl adjacent to an activating group) is 1. The maximum absolute atomic E-state index is 12.0. The lowest BCUT2D eigenvalue weighted by atomic mass is 10.2. The Bertz CT molecular complexity index is 321. The number of aliphatic carboxylic acids is 1. The Labute approximate surface area is 106 Å². The van der Waals surface area contributed by atoms with Gasteiger partial charge in [0.2, 0.25) is 0 Å². The molecule has 1 unspecified atom stereocenters. The number of rotatable bonds is 3. The summed E-state index contributed by atoms with van der Waals surface area (Å²) in [6.07, 6.45) is -1.13. The van der Waals surface area contributed by atoms with Crippen LogP contribution in [0.25, 0.3) is 0 Å². The smallest absolute Gasteiger partial charge is 0.328 e. The number of aliphatic hydroxyl groups is 1. The molecule has 1 saturated heterocycles. The average molecular weight is 259 g/mol. The number of aliphatic hydroxyl groups excluding tert-OH is 1. The van der Waals surface area contributed by atoms with E-state index in [1.807, 2.05) is 14.0 Å². The third kappa shape index (κ3) is 3.58. The molecule has 0 bridgehead atoms. The molecule has 0 radical (unpaired) electrons. The summed E-state index contributed by atoms with van der Waals surface area (Å²) in [4.78, 5) is 26.6. The molecule has 1 aliphatic heterocycles. The van der Waals surface area contributed by atoms with Gasteiger partial charge in [0.05, 0.1) is 6.10 Å². The van der Waals surface area contributed by atoms with Gasteiger partial charge in [-0.1, -0.05) is 0 Å². The topological polar surface area (TPSA) is 93.1 Å². The van der Waals surface area contributed by atoms with Crippen molar-refractivity contribution in [3.63, 3.8) is 0 Å². The number of urea groups is 1. The highest BCUT2D eigenvalue weighted by Crippen LogP contribution is 2.08. The molecule has 7 heteroatoms. The van der Waals surface area contributed by atoms with E-state index >= 15 is 0 Å². The highest BCUT2D eigenvalue weighted by Gasteiger charge is 2.30. The van der Waals surface area contributed by atoms with Gasteiger partial charge in [-0.05, 0) is 20.9 Å². The Morgan fingerprint density at radius 3 is 2.44 bits per heavy atom. The number of nitrogens with one attached hydrogen (secondary N) is 1. The summed E-state index contributed by atoms with van der Waals surface area (Å²) >= 11 is 0. The van der Waals surface area contributed by atoms with Crippen molar-refractivity contribution in [2.45, 2.75) is 32.0 Å². The van der Waals surface area contributed by atoms with E-state index in [2.05, 4.69) is 10.2 Å². The number of hydrogen-bond donors (Lipinski definition) is 3. The minimum absolute atomic E-state index is 0.0205. The van der Waals surface area contributed by atoms with Crippen molar-refractivity contribution < 1.29 is 19.8 Å². The highest BCUT2D eigenvalue weighted by atomic mass is 16.4. The molecule has 1 heterocycles. The number of carboxylic acid groups (broad SMARTS) is 1. The van der Waals surface area contributed by atoms with E-state index in [9.17, 15) is 14.7 Å². The number of nitrogens with zero attached hydrogens (tertiary/aromatic N) is 2. The Morgan fingerprint density at radius 1 is 1.39 bits per heavy atom. The SMILES string of the molecule is CC1CN(C)CCN1C(=O)N[C@H](C(=O)O)[C@@H](C)O. The molecule has 0 aliphatic carbocycles. The van der Waals surface area contributed by atoms with Gasteiger partial charge in [0, 0.05) is 25.7 Å². The molecule has 2 amide bonds. The maximum Gasteiger partial charge on any atom is 0.328 e. The fourth-order valence-corrected chi connectivity index (χ4v) is 2.05. The van der Waals surface area contributed by atoms with Gasteiger partial charge in [-0.25, -0.2) is 9.59 Å². The normalized spacial score (nSPS) is 24.4. The first kappa shape index (κ1) is 14.7. The number of piperazine rings is 1. The molecule has 104 valence electrons. The fraction of sp³-hybridized carbons (Fsp3) is 0.818. The monoisotopic (exact) mass is 259 g/mol. The van der Waals surface area contributed by atoms with Gasteiger partial charge >= 0.3 is 12.0 Å². The van der Waals surface area contributed by atoms with Gasteiger partial charge < -0.3 is 25.3 Å². The predicted molar refractivity (Wildman–Crippen MR) is 65.3 cm³/mol. The summed E-state index contributed by atoms with van der Waals surface area (Å²) in [5.41, 5.74) is 0. The lowest BCUT2D eigenvalue weighted by Crippen LogP contribution is -2.59. The second-order valence-electron chi connectivity index (χ2n) is 4.81. The molecule has 0 aromatic carbocycles. The van der Waals surface area contributed by atoms with Crippen molar-refractivity contribution in [1.82, 2.24) is 15.1 Å². The van der Waals surface area contributed by atoms with Crippen molar-refractivity contribution in [3.8, 4) is 0 Å². The number of hydrogen-bond acceptors (Lipinski definition) is 4. The van der Waals surface area contributed by atoms with Crippen LogP contribution in [0.4, 0.5) is 4.79 Å². The van der Waals surface area contributed by atoms with Gasteiger partial charge in [-0.3, -0.25) is 0 Å². The quantitative estimate of drug-likeness (QED) is 0.615. The molecule has 0 aromatic heterocycles. The molecule has 1 fully saturated rings. The van der Waals surface area contributed by atoms with Crippen LogP contribution in [0.3, 0.4) is 0 Å². The van der Waals surface area contributed by atoms with Gasteiger partial charge in [0.25, 0.3) is 0 Å². The Balaban J connectivity index is 2.61. The first-order valence-electron chi connectivity index (χ1n) is 5.99. The Hall–Kier alpha value is -1.34. The van der Waals surface area contributed by atoms with Gasteiger partial charge in [0.1, 0.15) is 0 Å². The number of carbonyl (C=O) groups is 2.